The maximum atomic E-state index is 5.61. The molecule has 11 heavy (non-hydrogen) atoms. The van der Waals surface area contributed by atoms with E-state index in [0.29, 0.717) is 12.0 Å². The molecule has 0 bridgehead atoms. The molecular weight excluding hydrogens is 136 g/mol. The SMILES string of the molecule is CCCCC(C)OCC(C)C. The first-order valence-corrected chi connectivity index (χ1v) is 4.78. The van der Waals surface area contributed by atoms with Crippen LogP contribution in [0.25, 0.3) is 0 Å². The molecule has 0 radical (unpaired) electrons. The topological polar surface area (TPSA) is 9.23 Å². The third-order valence-corrected chi connectivity index (χ3v) is 1.68. The van der Waals surface area contributed by atoms with E-state index in [1.807, 2.05) is 0 Å². The summed E-state index contributed by atoms with van der Waals surface area (Å²) in [5.74, 6) is 0.666. The minimum Gasteiger partial charge on any atom is -0.378 e. The van der Waals surface area contributed by atoms with E-state index in [1.165, 1.54) is 19.3 Å². The Hall–Kier alpha value is -0.0400. The minimum absolute atomic E-state index is 0.456. The lowest BCUT2D eigenvalue weighted by Gasteiger charge is -2.13. The van der Waals surface area contributed by atoms with Crippen LogP contribution in [-0.2, 0) is 4.74 Å². The van der Waals surface area contributed by atoms with Gasteiger partial charge in [-0.05, 0) is 19.3 Å². The van der Waals surface area contributed by atoms with Crippen molar-refractivity contribution in [1.82, 2.24) is 0 Å². The monoisotopic (exact) mass is 158 g/mol. The van der Waals surface area contributed by atoms with Crippen LogP contribution in [0.15, 0.2) is 0 Å². The maximum Gasteiger partial charge on any atom is 0.0547 e. The Balaban J connectivity index is 3.15. The second-order valence-corrected chi connectivity index (χ2v) is 3.68. The first-order valence-electron chi connectivity index (χ1n) is 4.78. The van der Waals surface area contributed by atoms with Gasteiger partial charge in [-0.1, -0.05) is 33.6 Å². The van der Waals surface area contributed by atoms with Crippen LogP contribution in [0.1, 0.15) is 47.0 Å². The molecule has 0 spiro atoms. The van der Waals surface area contributed by atoms with Crippen LogP contribution in [0.4, 0.5) is 0 Å². The van der Waals surface area contributed by atoms with Gasteiger partial charge >= 0.3 is 0 Å². The fourth-order valence-corrected chi connectivity index (χ4v) is 0.932. The minimum atomic E-state index is 0.456. The van der Waals surface area contributed by atoms with Gasteiger partial charge in [-0.25, -0.2) is 0 Å². The molecule has 0 rings (SSSR count). The average molecular weight is 158 g/mol. The molecule has 0 aromatic carbocycles. The summed E-state index contributed by atoms with van der Waals surface area (Å²) in [5, 5.41) is 0. The molecule has 0 aromatic rings. The summed E-state index contributed by atoms with van der Waals surface area (Å²) < 4.78 is 5.61. The van der Waals surface area contributed by atoms with Crippen LogP contribution >= 0.6 is 0 Å². The van der Waals surface area contributed by atoms with E-state index in [2.05, 4.69) is 27.7 Å². The summed E-state index contributed by atoms with van der Waals surface area (Å²) in [6.45, 7) is 9.66. The van der Waals surface area contributed by atoms with Gasteiger partial charge in [0, 0.05) is 6.61 Å². The van der Waals surface area contributed by atoms with Gasteiger partial charge in [0.1, 0.15) is 0 Å². The quantitative estimate of drug-likeness (QED) is 0.576. The Morgan fingerprint density at radius 3 is 2.27 bits per heavy atom. The Bertz CT molecular complexity index is 78.9. The van der Waals surface area contributed by atoms with Crippen molar-refractivity contribution in [3.05, 3.63) is 0 Å². The Morgan fingerprint density at radius 2 is 1.82 bits per heavy atom. The lowest BCUT2D eigenvalue weighted by molar-refractivity contribution is 0.0412. The Morgan fingerprint density at radius 1 is 1.18 bits per heavy atom. The van der Waals surface area contributed by atoms with Crippen LogP contribution in [-0.4, -0.2) is 12.7 Å². The van der Waals surface area contributed by atoms with Gasteiger partial charge < -0.3 is 4.74 Å². The van der Waals surface area contributed by atoms with Crippen LogP contribution in [0, 0.1) is 5.92 Å². The van der Waals surface area contributed by atoms with Crippen LogP contribution in [0.5, 0.6) is 0 Å². The van der Waals surface area contributed by atoms with Crippen LogP contribution in [0.2, 0.25) is 0 Å². The van der Waals surface area contributed by atoms with Crippen molar-refractivity contribution in [2.75, 3.05) is 6.61 Å². The van der Waals surface area contributed by atoms with E-state index < -0.39 is 0 Å². The van der Waals surface area contributed by atoms with Gasteiger partial charge in [-0.3, -0.25) is 0 Å². The van der Waals surface area contributed by atoms with E-state index in [0.717, 1.165) is 6.61 Å². The fraction of sp³-hybridized carbons (Fsp3) is 1.00. The summed E-state index contributed by atoms with van der Waals surface area (Å²) >= 11 is 0. The summed E-state index contributed by atoms with van der Waals surface area (Å²) in [6.07, 6.45) is 4.23. The van der Waals surface area contributed by atoms with Crippen molar-refractivity contribution in [3.63, 3.8) is 0 Å². The van der Waals surface area contributed by atoms with Gasteiger partial charge in [0.25, 0.3) is 0 Å². The molecule has 68 valence electrons. The third-order valence-electron chi connectivity index (χ3n) is 1.68. The predicted molar refractivity (Wildman–Crippen MR) is 49.8 cm³/mol. The molecular formula is C10H22O. The second-order valence-electron chi connectivity index (χ2n) is 3.68. The van der Waals surface area contributed by atoms with Crippen molar-refractivity contribution in [2.24, 2.45) is 5.92 Å². The standard InChI is InChI=1S/C10H22O/c1-5-6-7-10(4)11-8-9(2)3/h9-10H,5-8H2,1-4H3. The lowest BCUT2D eigenvalue weighted by atomic mass is 10.2. The van der Waals surface area contributed by atoms with Gasteiger partial charge in [0.05, 0.1) is 6.10 Å². The van der Waals surface area contributed by atoms with E-state index in [-0.39, 0.29) is 0 Å². The number of rotatable bonds is 6. The molecule has 1 heteroatoms. The van der Waals surface area contributed by atoms with Crippen molar-refractivity contribution >= 4 is 0 Å². The van der Waals surface area contributed by atoms with Crippen molar-refractivity contribution in [1.29, 1.82) is 0 Å². The van der Waals surface area contributed by atoms with E-state index in [4.69, 9.17) is 4.74 Å². The predicted octanol–water partition coefficient (Wildman–Crippen LogP) is 3.24. The first-order chi connectivity index (χ1) is 5.16. The van der Waals surface area contributed by atoms with Crippen molar-refractivity contribution < 1.29 is 4.74 Å². The molecule has 0 saturated heterocycles. The summed E-state index contributed by atoms with van der Waals surface area (Å²) in [6, 6.07) is 0. The highest BCUT2D eigenvalue weighted by atomic mass is 16.5. The number of unbranched alkanes of at least 4 members (excludes halogenated alkanes) is 1. The molecule has 1 atom stereocenters. The zero-order valence-corrected chi connectivity index (χ0v) is 8.39. The second kappa shape index (κ2) is 6.66. The number of hydrogen-bond acceptors (Lipinski definition) is 1. The normalized spacial score (nSPS) is 13.9. The molecule has 1 nitrogen and oxygen atoms in total. The van der Waals surface area contributed by atoms with Gasteiger partial charge in [-0.15, -0.1) is 0 Å². The fourth-order valence-electron chi connectivity index (χ4n) is 0.932. The molecule has 0 aromatic heterocycles. The van der Waals surface area contributed by atoms with E-state index in [1.54, 1.807) is 0 Å². The van der Waals surface area contributed by atoms with E-state index >= 15 is 0 Å². The highest BCUT2D eigenvalue weighted by Gasteiger charge is 2.01. The maximum absolute atomic E-state index is 5.61. The molecule has 0 heterocycles. The molecule has 0 N–H and O–H groups in total. The molecule has 0 fully saturated rings. The van der Waals surface area contributed by atoms with Gasteiger partial charge in [-0.2, -0.15) is 0 Å². The highest BCUT2D eigenvalue weighted by Crippen LogP contribution is 2.05. The Kier molecular flexibility index (Phi) is 6.63. The number of ether oxygens (including phenoxy) is 1. The average Bonchev–Trinajstić information content (AvgIpc) is 1.97. The lowest BCUT2D eigenvalue weighted by Crippen LogP contribution is -2.12. The third kappa shape index (κ3) is 7.86. The largest absolute Gasteiger partial charge is 0.378 e. The molecule has 0 saturated carbocycles. The molecule has 0 aliphatic heterocycles. The van der Waals surface area contributed by atoms with Gasteiger partial charge in [0.15, 0.2) is 0 Å². The van der Waals surface area contributed by atoms with Gasteiger partial charge in [0.2, 0.25) is 0 Å². The van der Waals surface area contributed by atoms with E-state index in [9.17, 15) is 0 Å². The summed E-state index contributed by atoms with van der Waals surface area (Å²) in [4.78, 5) is 0. The molecule has 0 aliphatic carbocycles. The molecule has 1 unspecified atom stereocenters. The summed E-state index contributed by atoms with van der Waals surface area (Å²) in [5.41, 5.74) is 0. The molecule has 0 aliphatic rings. The summed E-state index contributed by atoms with van der Waals surface area (Å²) in [7, 11) is 0. The zero-order valence-electron chi connectivity index (χ0n) is 8.39. The number of hydrogen-bond donors (Lipinski definition) is 0. The van der Waals surface area contributed by atoms with Crippen molar-refractivity contribution in [3.8, 4) is 0 Å². The zero-order chi connectivity index (χ0) is 8.69. The smallest absolute Gasteiger partial charge is 0.0547 e. The van der Waals surface area contributed by atoms with Crippen molar-refractivity contribution in [2.45, 2.75) is 53.1 Å². The highest BCUT2D eigenvalue weighted by molar-refractivity contribution is 4.50. The first kappa shape index (κ1) is 11.0. The van der Waals surface area contributed by atoms with Crippen LogP contribution in [0.3, 0.4) is 0 Å². The molecule has 0 amide bonds. The van der Waals surface area contributed by atoms with Crippen LogP contribution < -0.4 is 0 Å². The Labute approximate surface area is 71.1 Å².